The Morgan fingerprint density at radius 2 is 1.81 bits per heavy atom. The zero-order valence-corrected chi connectivity index (χ0v) is 16.8. The van der Waals surface area contributed by atoms with Gasteiger partial charge >= 0.3 is 0 Å². The first-order valence-electron chi connectivity index (χ1n) is 10.2. The summed E-state index contributed by atoms with van der Waals surface area (Å²) in [5.41, 5.74) is 2.47. The Balaban J connectivity index is 1.38. The average molecular weight is 376 g/mol. The van der Waals surface area contributed by atoms with Crippen LogP contribution in [0.3, 0.4) is 0 Å². The first kappa shape index (κ1) is 19.6. The summed E-state index contributed by atoms with van der Waals surface area (Å²) >= 11 is 5.52. The van der Waals surface area contributed by atoms with Crippen LogP contribution in [0.25, 0.3) is 0 Å². The first-order valence-corrected chi connectivity index (χ1v) is 10.6. The molecule has 0 amide bonds. The molecule has 2 fully saturated rings. The van der Waals surface area contributed by atoms with Crippen molar-refractivity contribution >= 4 is 23.0 Å². The minimum atomic E-state index is 0.481. The number of unbranched alkanes of at least 4 members (excludes halogenated alkanes) is 1. The molecule has 4 nitrogen and oxygen atoms in total. The third-order valence-electron chi connectivity index (χ3n) is 5.60. The molecule has 0 atom stereocenters. The maximum Gasteiger partial charge on any atom is 0.170 e. The van der Waals surface area contributed by atoms with Crippen molar-refractivity contribution in [2.24, 2.45) is 0 Å². The molecule has 0 spiro atoms. The van der Waals surface area contributed by atoms with Crippen molar-refractivity contribution in [3.05, 3.63) is 29.8 Å². The van der Waals surface area contributed by atoms with Crippen LogP contribution in [0.15, 0.2) is 24.3 Å². The van der Waals surface area contributed by atoms with Crippen molar-refractivity contribution in [1.82, 2.24) is 10.2 Å². The molecule has 0 saturated carbocycles. The van der Waals surface area contributed by atoms with Crippen LogP contribution in [0.4, 0.5) is 5.69 Å². The molecule has 2 saturated heterocycles. The summed E-state index contributed by atoms with van der Waals surface area (Å²) in [7, 11) is 0. The smallest absolute Gasteiger partial charge is 0.170 e. The summed E-state index contributed by atoms with van der Waals surface area (Å²) in [5.74, 6) is 0. The number of piperidine rings is 1. The molecular formula is C21H33N3OS. The number of hydrogen-bond donors (Lipinski definition) is 2. The van der Waals surface area contributed by atoms with E-state index in [1.165, 1.54) is 31.2 Å². The fourth-order valence-corrected chi connectivity index (χ4v) is 4.23. The van der Waals surface area contributed by atoms with E-state index in [1.54, 1.807) is 0 Å². The molecule has 0 aromatic heterocycles. The van der Waals surface area contributed by atoms with Gasteiger partial charge in [0.15, 0.2) is 5.11 Å². The van der Waals surface area contributed by atoms with Crippen molar-refractivity contribution < 1.29 is 4.74 Å². The third kappa shape index (κ3) is 5.93. The number of rotatable bonds is 6. The Kier molecular flexibility index (Phi) is 7.71. The topological polar surface area (TPSA) is 36.5 Å². The zero-order chi connectivity index (χ0) is 18.2. The monoisotopic (exact) mass is 375 g/mol. The van der Waals surface area contributed by atoms with Crippen LogP contribution in [-0.4, -0.2) is 48.4 Å². The second kappa shape index (κ2) is 10.2. The van der Waals surface area contributed by atoms with Gasteiger partial charge in [0.25, 0.3) is 0 Å². The van der Waals surface area contributed by atoms with E-state index in [0.29, 0.717) is 6.04 Å². The maximum atomic E-state index is 5.52. The third-order valence-corrected chi connectivity index (χ3v) is 5.82. The highest BCUT2D eigenvalue weighted by molar-refractivity contribution is 7.80. The first-order chi connectivity index (χ1) is 12.7. The van der Waals surface area contributed by atoms with E-state index < -0.39 is 0 Å². The summed E-state index contributed by atoms with van der Waals surface area (Å²) in [6.07, 6.45) is 8.34. The van der Waals surface area contributed by atoms with Gasteiger partial charge in [-0.25, -0.2) is 0 Å². The highest BCUT2D eigenvalue weighted by Crippen LogP contribution is 2.20. The van der Waals surface area contributed by atoms with E-state index in [4.69, 9.17) is 17.0 Å². The molecule has 0 unspecified atom stereocenters. The lowest BCUT2D eigenvalue weighted by atomic mass is 10.00. The number of benzene rings is 1. The van der Waals surface area contributed by atoms with Crippen LogP contribution >= 0.6 is 12.2 Å². The van der Waals surface area contributed by atoms with Gasteiger partial charge in [-0.1, -0.05) is 25.5 Å². The van der Waals surface area contributed by atoms with Gasteiger partial charge in [0, 0.05) is 44.1 Å². The van der Waals surface area contributed by atoms with E-state index in [0.717, 1.165) is 62.4 Å². The Bertz CT molecular complexity index is 549. The lowest BCUT2D eigenvalue weighted by Crippen LogP contribution is -2.49. The van der Waals surface area contributed by atoms with E-state index in [-0.39, 0.29) is 0 Å². The van der Waals surface area contributed by atoms with Gasteiger partial charge in [-0.2, -0.15) is 0 Å². The van der Waals surface area contributed by atoms with Crippen molar-refractivity contribution in [3.63, 3.8) is 0 Å². The van der Waals surface area contributed by atoms with E-state index >= 15 is 0 Å². The molecule has 2 aliphatic rings. The van der Waals surface area contributed by atoms with Crippen molar-refractivity contribution in [2.45, 2.75) is 64.0 Å². The van der Waals surface area contributed by atoms with Crippen molar-refractivity contribution in [1.29, 1.82) is 0 Å². The SMILES string of the molecule is CCCCc1ccc(NC(=S)NC2CCN(C3CCOCC3)CC2)cc1. The second-order valence-corrected chi connectivity index (χ2v) is 7.96. The predicted molar refractivity (Wildman–Crippen MR) is 113 cm³/mol. The average Bonchev–Trinajstić information content (AvgIpc) is 2.69. The minimum absolute atomic E-state index is 0.481. The quantitative estimate of drug-likeness (QED) is 0.736. The Morgan fingerprint density at radius 3 is 2.46 bits per heavy atom. The molecule has 1 aromatic rings. The number of nitrogens with one attached hydrogen (secondary N) is 2. The fraction of sp³-hybridized carbons (Fsp3) is 0.667. The fourth-order valence-electron chi connectivity index (χ4n) is 3.95. The van der Waals surface area contributed by atoms with Crippen LogP contribution in [0.1, 0.15) is 51.0 Å². The van der Waals surface area contributed by atoms with Crippen LogP contribution in [0.5, 0.6) is 0 Å². The molecule has 1 aromatic carbocycles. The van der Waals surface area contributed by atoms with Crippen molar-refractivity contribution in [3.8, 4) is 0 Å². The van der Waals surface area contributed by atoms with Crippen LogP contribution in [0, 0.1) is 0 Å². The summed E-state index contributed by atoms with van der Waals surface area (Å²) in [5, 5.41) is 7.59. The molecular weight excluding hydrogens is 342 g/mol. The molecule has 5 heteroatoms. The number of nitrogens with zero attached hydrogens (tertiary/aromatic N) is 1. The molecule has 0 bridgehead atoms. The number of ether oxygens (including phenoxy) is 1. The molecule has 0 radical (unpaired) electrons. The maximum absolute atomic E-state index is 5.52. The van der Waals surface area contributed by atoms with Gasteiger partial charge in [0.1, 0.15) is 0 Å². The van der Waals surface area contributed by atoms with Gasteiger partial charge in [0.05, 0.1) is 0 Å². The summed E-state index contributed by atoms with van der Waals surface area (Å²) in [6.45, 7) is 6.41. The van der Waals surface area contributed by atoms with Gasteiger partial charge in [-0.3, -0.25) is 0 Å². The van der Waals surface area contributed by atoms with Crippen molar-refractivity contribution in [2.75, 3.05) is 31.6 Å². The highest BCUT2D eigenvalue weighted by atomic mass is 32.1. The normalized spacial score (nSPS) is 20.0. The molecule has 2 heterocycles. The second-order valence-electron chi connectivity index (χ2n) is 7.55. The Hall–Kier alpha value is -1.17. The molecule has 0 aliphatic carbocycles. The molecule has 26 heavy (non-hydrogen) atoms. The zero-order valence-electron chi connectivity index (χ0n) is 16.0. The van der Waals surface area contributed by atoms with Gasteiger partial charge in [-0.05, 0) is 68.4 Å². The van der Waals surface area contributed by atoms with Gasteiger partial charge in [0.2, 0.25) is 0 Å². The number of thiocarbonyl (C=S) groups is 1. The summed E-state index contributed by atoms with van der Waals surface area (Å²) in [6, 6.07) is 9.87. The van der Waals surface area contributed by atoms with Crippen LogP contribution in [0.2, 0.25) is 0 Å². The number of likely N-dealkylation sites (tertiary alicyclic amines) is 1. The van der Waals surface area contributed by atoms with Gasteiger partial charge in [-0.15, -0.1) is 0 Å². The number of anilines is 1. The lowest BCUT2D eigenvalue weighted by Gasteiger charge is -2.39. The lowest BCUT2D eigenvalue weighted by molar-refractivity contribution is 0.0247. The largest absolute Gasteiger partial charge is 0.381 e. The highest BCUT2D eigenvalue weighted by Gasteiger charge is 2.26. The van der Waals surface area contributed by atoms with E-state index in [1.807, 2.05) is 0 Å². The van der Waals surface area contributed by atoms with Crippen LogP contribution in [-0.2, 0) is 11.2 Å². The molecule has 2 aliphatic heterocycles. The molecule has 3 rings (SSSR count). The number of aryl methyl sites for hydroxylation is 1. The van der Waals surface area contributed by atoms with Gasteiger partial charge < -0.3 is 20.3 Å². The minimum Gasteiger partial charge on any atom is -0.381 e. The number of hydrogen-bond acceptors (Lipinski definition) is 3. The predicted octanol–water partition coefficient (Wildman–Crippen LogP) is 3.96. The Morgan fingerprint density at radius 1 is 1.12 bits per heavy atom. The summed E-state index contributed by atoms with van der Waals surface area (Å²) < 4.78 is 5.48. The summed E-state index contributed by atoms with van der Waals surface area (Å²) in [4.78, 5) is 2.65. The van der Waals surface area contributed by atoms with E-state index in [9.17, 15) is 0 Å². The van der Waals surface area contributed by atoms with Crippen LogP contribution < -0.4 is 10.6 Å². The Labute approximate surface area is 163 Å². The molecule has 2 N–H and O–H groups in total. The van der Waals surface area contributed by atoms with E-state index in [2.05, 4.69) is 46.7 Å². The molecule has 144 valence electrons. The standard InChI is InChI=1S/C21H33N3OS/c1-2-3-4-17-5-7-18(8-6-17)22-21(26)23-19-9-13-24(14-10-19)20-11-15-25-16-12-20/h5-8,19-20H,2-4,9-16H2,1H3,(H2,22,23,26).